The maximum atomic E-state index is 12.6. The standard InChI is InChI=1S/C21H18O12/c22-8-3-1-7(2-4-8)10-5-9(23)13-11(31-10)6-12(14(24)15(13)25)32-21-18(28)16(26)17(27)19(33-21)20(29)30/h1-6,16-19,21-22,24-28H,(H,29,30)/t16-,17+,18+,19-,21+/m0/s1. The molecule has 3 aromatic rings. The number of aliphatic carboxylic acids is 1. The van der Waals surface area contributed by atoms with Gasteiger partial charge in [0.25, 0.3) is 0 Å². The van der Waals surface area contributed by atoms with E-state index in [9.17, 15) is 40.2 Å². The van der Waals surface area contributed by atoms with E-state index >= 15 is 0 Å². The number of carboxylic acid groups (broad SMARTS) is 1. The molecule has 1 aromatic heterocycles. The van der Waals surface area contributed by atoms with Crippen LogP contribution in [0.15, 0.2) is 45.6 Å². The molecule has 0 amide bonds. The molecule has 0 bridgehead atoms. The molecular formula is C21H18O12. The second-order valence-corrected chi connectivity index (χ2v) is 7.32. The largest absolute Gasteiger partial charge is 0.508 e. The Bertz CT molecular complexity index is 1260. The number of hydrogen-bond donors (Lipinski definition) is 7. The molecule has 0 saturated carbocycles. The van der Waals surface area contributed by atoms with E-state index in [1.54, 1.807) is 0 Å². The molecule has 0 aliphatic carbocycles. The van der Waals surface area contributed by atoms with Gasteiger partial charge in [0.2, 0.25) is 12.0 Å². The van der Waals surface area contributed by atoms with Gasteiger partial charge in [-0.05, 0) is 24.3 Å². The van der Waals surface area contributed by atoms with E-state index in [0.29, 0.717) is 5.56 Å². The van der Waals surface area contributed by atoms with E-state index in [4.69, 9.17) is 19.0 Å². The third-order valence-corrected chi connectivity index (χ3v) is 5.14. The van der Waals surface area contributed by atoms with Crippen molar-refractivity contribution in [3.63, 3.8) is 0 Å². The fourth-order valence-corrected chi connectivity index (χ4v) is 3.40. The van der Waals surface area contributed by atoms with Crippen molar-refractivity contribution in [2.45, 2.75) is 30.7 Å². The monoisotopic (exact) mass is 462 g/mol. The van der Waals surface area contributed by atoms with E-state index in [0.717, 1.165) is 12.1 Å². The Kier molecular flexibility index (Phi) is 5.59. The molecule has 33 heavy (non-hydrogen) atoms. The molecule has 1 aliphatic heterocycles. The molecule has 12 heteroatoms. The van der Waals surface area contributed by atoms with Crippen molar-refractivity contribution in [2.24, 2.45) is 0 Å². The van der Waals surface area contributed by atoms with Crippen LogP contribution in [-0.4, -0.2) is 72.4 Å². The number of hydrogen-bond acceptors (Lipinski definition) is 11. The van der Waals surface area contributed by atoms with Crippen LogP contribution in [0.25, 0.3) is 22.3 Å². The Morgan fingerprint density at radius 1 is 0.909 bits per heavy atom. The van der Waals surface area contributed by atoms with Gasteiger partial charge in [0.1, 0.15) is 40.8 Å². The third-order valence-electron chi connectivity index (χ3n) is 5.14. The number of carboxylic acids is 1. The average molecular weight is 462 g/mol. The van der Waals surface area contributed by atoms with Crippen molar-refractivity contribution in [1.29, 1.82) is 0 Å². The molecule has 1 fully saturated rings. The maximum absolute atomic E-state index is 12.6. The lowest BCUT2D eigenvalue weighted by molar-refractivity contribution is -0.271. The van der Waals surface area contributed by atoms with Gasteiger partial charge in [-0.25, -0.2) is 4.79 Å². The molecule has 0 unspecified atom stereocenters. The van der Waals surface area contributed by atoms with Crippen molar-refractivity contribution in [2.75, 3.05) is 0 Å². The maximum Gasteiger partial charge on any atom is 0.335 e. The minimum atomic E-state index is -1.96. The Morgan fingerprint density at radius 3 is 2.21 bits per heavy atom. The van der Waals surface area contributed by atoms with Gasteiger partial charge in [-0.3, -0.25) is 4.79 Å². The van der Waals surface area contributed by atoms with Crippen molar-refractivity contribution in [1.82, 2.24) is 0 Å². The van der Waals surface area contributed by atoms with Crippen LogP contribution in [0.4, 0.5) is 0 Å². The number of fused-ring (bicyclic) bond motifs is 1. The average Bonchev–Trinajstić information content (AvgIpc) is 2.77. The second kappa shape index (κ2) is 8.26. The van der Waals surface area contributed by atoms with Crippen LogP contribution in [0.1, 0.15) is 0 Å². The van der Waals surface area contributed by atoms with E-state index in [2.05, 4.69) is 0 Å². The first-order chi connectivity index (χ1) is 15.6. The molecule has 2 aromatic carbocycles. The summed E-state index contributed by atoms with van der Waals surface area (Å²) in [7, 11) is 0. The molecule has 2 heterocycles. The zero-order valence-electron chi connectivity index (χ0n) is 16.5. The van der Waals surface area contributed by atoms with Gasteiger partial charge < -0.3 is 49.6 Å². The molecule has 0 spiro atoms. The molecule has 174 valence electrons. The Hall–Kier alpha value is -3.84. The lowest BCUT2D eigenvalue weighted by Crippen LogP contribution is -2.61. The van der Waals surface area contributed by atoms with Gasteiger partial charge in [-0.2, -0.15) is 0 Å². The second-order valence-electron chi connectivity index (χ2n) is 7.32. The highest BCUT2D eigenvalue weighted by molar-refractivity contribution is 5.89. The normalized spacial score (nSPS) is 25.1. The summed E-state index contributed by atoms with van der Waals surface area (Å²) >= 11 is 0. The molecule has 5 atom stereocenters. The number of phenols is 3. The smallest absolute Gasteiger partial charge is 0.335 e. The van der Waals surface area contributed by atoms with Crippen LogP contribution in [0.5, 0.6) is 23.0 Å². The summed E-state index contributed by atoms with van der Waals surface area (Å²) in [6.45, 7) is 0. The number of carbonyl (C=O) groups is 1. The number of aliphatic hydroxyl groups excluding tert-OH is 3. The van der Waals surface area contributed by atoms with E-state index in [1.807, 2.05) is 0 Å². The summed E-state index contributed by atoms with van der Waals surface area (Å²) in [5.41, 5.74) is -0.539. The van der Waals surface area contributed by atoms with Crippen molar-refractivity contribution in [3.8, 4) is 34.3 Å². The predicted molar refractivity (Wildman–Crippen MR) is 108 cm³/mol. The van der Waals surface area contributed by atoms with Crippen LogP contribution in [0, 0.1) is 0 Å². The first kappa shape index (κ1) is 22.4. The van der Waals surface area contributed by atoms with Crippen molar-refractivity contribution < 1.29 is 54.4 Å². The van der Waals surface area contributed by atoms with Gasteiger partial charge >= 0.3 is 5.97 Å². The first-order valence-corrected chi connectivity index (χ1v) is 9.49. The molecular weight excluding hydrogens is 444 g/mol. The quantitative estimate of drug-likeness (QED) is 0.253. The topological polar surface area (TPSA) is 207 Å². The predicted octanol–water partition coefficient (Wildman–Crippen LogP) is -0.152. The van der Waals surface area contributed by atoms with Crippen LogP contribution in [0.3, 0.4) is 0 Å². The lowest BCUT2D eigenvalue weighted by atomic mass is 9.99. The fraction of sp³-hybridized carbons (Fsp3) is 0.238. The van der Waals surface area contributed by atoms with Crippen LogP contribution < -0.4 is 10.2 Å². The highest BCUT2D eigenvalue weighted by Crippen LogP contribution is 2.42. The zero-order valence-corrected chi connectivity index (χ0v) is 16.5. The van der Waals surface area contributed by atoms with Crippen molar-refractivity contribution in [3.05, 3.63) is 46.6 Å². The SMILES string of the molecule is O=C(O)[C@H]1O[C@@H](Oc2cc3oc(-c4ccc(O)cc4)cc(=O)c3c(O)c2O)[C@H](O)[C@@H](O)[C@H]1O. The fourth-order valence-electron chi connectivity index (χ4n) is 3.40. The third kappa shape index (κ3) is 3.91. The summed E-state index contributed by atoms with van der Waals surface area (Å²) in [4.78, 5) is 23.8. The van der Waals surface area contributed by atoms with Gasteiger partial charge in [-0.15, -0.1) is 0 Å². The minimum absolute atomic E-state index is 0.0156. The number of aliphatic hydroxyl groups is 3. The zero-order chi connectivity index (χ0) is 24.0. The Labute approximate surface area is 183 Å². The lowest BCUT2D eigenvalue weighted by Gasteiger charge is -2.38. The number of ether oxygens (including phenoxy) is 2. The summed E-state index contributed by atoms with van der Waals surface area (Å²) in [6, 6.07) is 7.74. The summed E-state index contributed by atoms with van der Waals surface area (Å²) in [5, 5.41) is 68.6. The first-order valence-electron chi connectivity index (χ1n) is 9.49. The van der Waals surface area contributed by atoms with Gasteiger partial charge in [-0.1, -0.05) is 0 Å². The minimum Gasteiger partial charge on any atom is -0.508 e. The summed E-state index contributed by atoms with van der Waals surface area (Å²) < 4.78 is 15.9. The Morgan fingerprint density at radius 2 is 1.58 bits per heavy atom. The van der Waals surface area contributed by atoms with E-state index in [-0.39, 0.29) is 22.5 Å². The molecule has 1 aliphatic rings. The van der Waals surface area contributed by atoms with Crippen LogP contribution >= 0.6 is 0 Å². The summed E-state index contributed by atoms with van der Waals surface area (Å²) in [6.07, 6.45) is -9.67. The number of phenolic OH excluding ortho intramolecular Hbond substituents is 3. The number of rotatable bonds is 4. The molecule has 1 saturated heterocycles. The highest BCUT2D eigenvalue weighted by atomic mass is 16.7. The highest BCUT2D eigenvalue weighted by Gasteiger charge is 2.48. The molecule has 12 nitrogen and oxygen atoms in total. The van der Waals surface area contributed by atoms with Gasteiger partial charge in [0.05, 0.1) is 0 Å². The Balaban J connectivity index is 1.76. The van der Waals surface area contributed by atoms with Gasteiger partial charge in [0, 0.05) is 17.7 Å². The molecule has 0 radical (unpaired) electrons. The van der Waals surface area contributed by atoms with Crippen molar-refractivity contribution >= 4 is 16.9 Å². The van der Waals surface area contributed by atoms with Gasteiger partial charge in [0.15, 0.2) is 23.0 Å². The van der Waals surface area contributed by atoms with E-state index < -0.39 is 59.4 Å². The van der Waals surface area contributed by atoms with Crippen LogP contribution in [0.2, 0.25) is 0 Å². The van der Waals surface area contributed by atoms with Crippen LogP contribution in [-0.2, 0) is 9.53 Å². The number of benzene rings is 2. The molecule has 4 rings (SSSR count). The number of aromatic hydroxyl groups is 3. The molecule has 7 N–H and O–H groups in total. The summed E-state index contributed by atoms with van der Waals surface area (Å²) in [5.74, 6) is -4.01. The van der Waals surface area contributed by atoms with E-state index in [1.165, 1.54) is 24.3 Å².